The zero-order valence-corrected chi connectivity index (χ0v) is 10.6. The highest BCUT2D eigenvalue weighted by molar-refractivity contribution is 6.73. The average molecular weight is 191 g/mol. The van der Waals surface area contributed by atoms with Gasteiger partial charge in [-0.2, -0.15) is 0 Å². The number of nitrogens with one attached hydrogen (secondary N) is 1. The van der Waals surface area contributed by atoms with E-state index >= 15 is 0 Å². The van der Waals surface area contributed by atoms with Gasteiger partial charge < -0.3 is 9.41 Å². The van der Waals surface area contributed by atoms with Gasteiger partial charge in [0.1, 0.15) is 8.24 Å². The molecule has 0 aliphatic carbocycles. The van der Waals surface area contributed by atoms with Gasteiger partial charge in [0.2, 0.25) is 0 Å². The van der Waals surface area contributed by atoms with Gasteiger partial charge in [0.15, 0.2) is 8.32 Å². The molecule has 0 unspecified atom stereocenters. The molecule has 0 aromatic heterocycles. The maximum absolute atomic E-state index is 5.67. The van der Waals surface area contributed by atoms with E-state index in [2.05, 4.69) is 44.3 Å². The van der Waals surface area contributed by atoms with Crippen LogP contribution in [0.15, 0.2) is 0 Å². The lowest BCUT2D eigenvalue weighted by Gasteiger charge is -2.23. The monoisotopic (exact) mass is 191 g/mol. The topological polar surface area (TPSA) is 21.3 Å². The van der Waals surface area contributed by atoms with Gasteiger partial charge >= 0.3 is 0 Å². The molecular weight excluding hydrogens is 170 g/mol. The highest BCUT2D eigenvalue weighted by Crippen LogP contribution is 2.02. The standard InChI is InChI=1S/C7H21NOSi2/c1-10(2,3)8-7-9-11(4,5)6/h8H,7H2,1-6H3. The molecule has 0 aliphatic heterocycles. The number of hydrogen-bond acceptors (Lipinski definition) is 2. The van der Waals surface area contributed by atoms with Crippen LogP contribution in [0.3, 0.4) is 0 Å². The van der Waals surface area contributed by atoms with Crippen LogP contribution < -0.4 is 4.98 Å². The predicted octanol–water partition coefficient (Wildman–Crippen LogP) is 2.22. The van der Waals surface area contributed by atoms with Crippen molar-refractivity contribution in [2.75, 3.05) is 6.73 Å². The lowest BCUT2D eigenvalue weighted by molar-refractivity contribution is 0.303. The Morgan fingerprint density at radius 1 is 1.00 bits per heavy atom. The molecule has 2 nitrogen and oxygen atoms in total. The molecule has 0 saturated carbocycles. The summed E-state index contributed by atoms with van der Waals surface area (Å²) in [5.74, 6) is 0. The minimum absolute atomic E-state index is 0.742. The summed E-state index contributed by atoms with van der Waals surface area (Å²) in [6, 6.07) is 0. The van der Waals surface area contributed by atoms with Crippen molar-refractivity contribution < 1.29 is 4.43 Å². The molecule has 68 valence electrons. The van der Waals surface area contributed by atoms with Crippen LogP contribution in [-0.4, -0.2) is 23.3 Å². The van der Waals surface area contributed by atoms with Gasteiger partial charge in [-0.1, -0.05) is 19.6 Å². The average Bonchev–Trinajstić information content (AvgIpc) is 1.55. The van der Waals surface area contributed by atoms with Crippen LogP contribution >= 0.6 is 0 Å². The van der Waals surface area contributed by atoms with E-state index in [0.717, 1.165) is 6.73 Å². The first kappa shape index (κ1) is 11.4. The van der Waals surface area contributed by atoms with Crippen molar-refractivity contribution in [3.05, 3.63) is 0 Å². The fraction of sp³-hybridized carbons (Fsp3) is 1.00. The van der Waals surface area contributed by atoms with E-state index < -0.39 is 16.6 Å². The third kappa shape index (κ3) is 10.4. The number of hydrogen-bond donors (Lipinski definition) is 1. The van der Waals surface area contributed by atoms with E-state index in [1.54, 1.807) is 0 Å². The smallest absolute Gasteiger partial charge is 0.185 e. The second-order valence-corrected chi connectivity index (χ2v) is 14.2. The molecule has 0 heterocycles. The quantitative estimate of drug-likeness (QED) is 0.543. The lowest BCUT2D eigenvalue weighted by atomic mass is 11.4. The van der Waals surface area contributed by atoms with Gasteiger partial charge in [-0.05, 0) is 19.6 Å². The minimum Gasteiger partial charge on any atom is -0.406 e. The van der Waals surface area contributed by atoms with Crippen LogP contribution in [0, 0.1) is 0 Å². The van der Waals surface area contributed by atoms with Crippen molar-refractivity contribution in [1.82, 2.24) is 4.98 Å². The van der Waals surface area contributed by atoms with E-state index in [4.69, 9.17) is 4.43 Å². The Morgan fingerprint density at radius 3 is 1.73 bits per heavy atom. The Hall–Kier alpha value is 0.354. The highest BCUT2D eigenvalue weighted by Gasteiger charge is 2.16. The Morgan fingerprint density at radius 2 is 1.45 bits per heavy atom. The molecule has 4 heteroatoms. The zero-order chi connectivity index (χ0) is 9.12. The van der Waals surface area contributed by atoms with E-state index in [1.807, 2.05) is 0 Å². The summed E-state index contributed by atoms with van der Waals surface area (Å²) in [5, 5.41) is 0. The van der Waals surface area contributed by atoms with Crippen molar-refractivity contribution in [2.24, 2.45) is 0 Å². The SMILES string of the molecule is C[Si](C)(C)NCO[Si](C)(C)C. The second kappa shape index (κ2) is 3.84. The van der Waals surface area contributed by atoms with E-state index in [9.17, 15) is 0 Å². The Bertz CT molecular complexity index is 101. The van der Waals surface area contributed by atoms with Gasteiger partial charge in [0.05, 0.1) is 6.73 Å². The van der Waals surface area contributed by atoms with Crippen molar-refractivity contribution >= 4 is 16.6 Å². The van der Waals surface area contributed by atoms with Crippen LogP contribution in [-0.2, 0) is 4.43 Å². The molecule has 0 bridgehead atoms. The molecule has 0 aromatic carbocycles. The van der Waals surface area contributed by atoms with Gasteiger partial charge in [-0.3, -0.25) is 0 Å². The zero-order valence-electron chi connectivity index (χ0n) is 8.62. The summed E-state index contributed by atoms with van der Waals surface area (Å²) in [6.45, 7) is 14.2. The Kier molecular flexibility index (Phi) is 3.97. The third-order valence-corrected chi connectivity index (χ3v) is 3.32. The maximum Gasteiger partial charge on any atom is 0.185 e. The van der Waals surface area contributed by atoms with Gasteiger partial charge in [-0.15, -0.1) is 0 Å². The van der Waals surface area contributed by atoms with E-state index in [0.29, 0.717) is 0 Å². The molecule has 0 saturated heterocycles. The van der Waals surface area contributed by atoms with Crippen molar-refractivity contribution in [2.45, 2.75) is 39.3 Å². The number of rotatable bonds is 4. The minimum atomic E-state index is -1.30. The Labute approximate surface area is 72.6 Å². The largest absolute Gasteiger partial charge is 0.406 e. The molecule has 0 aliphatic rings. The maximum atomic E-state index is 5.67. The summed E-state index contributed by atoms with van der Waals surface area (Å²) in [7, 11) is -2.41. The summed E-state index contributed by atoms with van der Waals surface area (Å²) in [5.41, 5.74) is 0. The normalized spacial score (nSPS) is 13.6. The first-order valence-corrected chi connectivity index (χ1v) is 11.0. The van der Waals surface area contributed by atoms with Crippen LogP contribution in [0.1, 0.15) is 0 Å². The molecule has 1 N–H and O–H groups in total. The molecule has 11 heavy (non-hydrogen) atoms. The van der Waals surface area contributed by atoms with Crippen LogP contribution in [0.4, 0.5) is 0 Å². The molecule has 0 spiro atoms. The Balaban J connectivity index is 3.44. The van der Waals surface area contributed by atoms with Crippen LogP contribution in [0.5, 0.6) is 0 Å². The fourth-order valence-electron chi connectivity index (χ4n) is 0.469. The highest BCUT2D eigenvalue weighted by atomic mass is 28.4. The first-order valence-electron chi connectivity index (χ1n) is 4.10. The molecule has 0 fully saturated rings. The van der Waals surface area contributed by atoms with Gasteiger partial charge in [-0.25, -0.2) is 0 Å². The van der Waals surface area contributed by atoms with E-state index in [1.165, 1.54) is 0 Å². The summed E-state index contributed by atoms with van der Waals surface area (Å²) >= 11 is 0. The van der Waals surface area contributed by atoms with E-state index in [-0.39, 0.29) is 0 Å². The van der Waals surface area contributed by atoms with Crippen molar-refractivity contribution in [1.29, 1.82) is 0 Å². The first-order chi connectivity index (χ1) is 4.71. The van der Waals surface area contributed by atoms with Gasteiger partial charge in [0.25, 0.3) is 0 Å². The van der Waals surface area contributed by atoms with Crippen molar-refractivity contribution in [3.8, 4) is 0 Å². The van der Waals surface area contributed by atoms with Crippen LogP contribution in [0.25, 0.3) is 0 Å². The van der Waals surface area contributed by atoms with Gasteiger partial charge in [0, 0.05) is 0 Å². The molecule has 0 amide bonds. The second-order valence-electron chi connectivity index (χ2n) is 4.83. The molecule has 0 radical (unpaired) electrons. The summed E-state index contributed by atoms with van der Waals surface area (Å²) in [6.07, 6.45) is 0. The molecule has 0 atom stereocenters. The summed E-state index contributed by atoms with van der Waals surface area (Å²) < 4.78 is 5.67. The lowest BCUT2D eigenvalue weighted by Crippen LogP contribution is -2.45. The predicted molar refractivity (Wildman–Crippen MR) is 55.8 cm³/mol. The molecular formula is C7H21NOSi2. The fourth-order valence-corrected chi connectivity index (χ4v) is 1.62. The van der Waals surface area contributed by atoms with Crippen molar-refractivity contribution in [3.63, 3.8) is 0 Å². The molecule has 0 aromatic rings. The van der Waals surface area contributed by atoms with Crippen LogP contribution in [0.2, 0.25) is 39.3 Å². The molecule has 0 rings (SSSR count). The summed E-state index contributed by atoms with van der Waals surface area (Å²) in [4.78, 5) is 3.43. The third-order valence-electron chi connectivity index (χ3n) is 1.11.